The fourth-order valence-electron chi connectivity index (χ4n) is 1.59. The molecule has 0 radical (unpaired) electrons. The number of carbonyl (C=O) groups is 1. The molecule has 0 aliphatic rings. The highest BCUT2D eigenvalue weighted by Gasteiger charge is 2.04. The van der Waals surface area contributed by atoms with E-state index in [1.165, 1.54) is 0 Å². The van der Waals surface area contributed by atoms with Gasteiger partial charge in [0.15, 0.2) is 0 Å². The van der Waals surface area contributed by atoms with Crippen LogP contribution in [0.2, 0.25) is 5.02 Å². The predicted octanol–water partition coefficient (Wildman–Crippen LogP) is 4.58. The van der Waals surface area contributed by atoms with Crippen LogP contribution >= 0.6 is 35.1 Å². The summed E-state index contributed by atoms with van der Waals surface area (Å²) < 4.78 is 0. The zero-order valence-corrected chi connectivity index (χ0v) is 13.9. The first-order valence-electron chi connectivity index (χ1n) is 6.35. The molecular weight excluding hydrogens is 324 g/mol. The molecule has 0 atom stereocenters. The van der Waals surface area contributed by atoms with Crippen LogP contribution in [0.5, 0.6) is 0 Å². The van der Waals surface area contributed by atoms with E-state index in [2.05, 4.69) is 10.3 Å². The van der Waals surface area contributed by atoms with Crippen molar-refractivity contribution in [1.82, 2.24) is 4.98 Å². The van der Waals surface area contributed by atoms with Crippen molar-refractivity contribution in [2.24, 2.45) is 0 Å². The lowest BCUT2D eigenvalue weighted by Crippen LogP contribution is -2.12. The zero-order valence-electron chi connectivity index (χ0n) is 11.5. The fraction of sp³-hybridized carbons (Fsp3) is 0.200. The molecule has 2 rings (SSSR count). The number of anilines is 1. The van der Waals surface area contributed by atoms with Gasteiger partial charge in [-0.2, -0.15) is 0 Å². The van der Waals surface area contributed by atoms with Crippen LogP contribution in [-0.4, -0.2) is 22.9 Å². The van der Waals surface area contributed by atoms with E-state index < -0.39 is 0 Å². The molecule has 1 heterocycles. The molecule has 2 aromatic rings. The molecule has 0 aliphatic carbocycles. The molecule has 0 unspecified atom stereocenters. The van der Waals surface area contributed by atoms with Crippen LogP contribution < -0.4 is 5.32 Å². The van der Waals surface area contributed by atoms with Crippen LogP contribution in [-0.2, 0) is 4.79 Å². The van der Waals surface area contributed by atoms with E-state index in [4.69, 9.17) is 11.6 Å². The summed E-state index contributed by atoms with van der Waals surface area (Å²) in [5, 5.41) is 4.50. The van der Waals surface area contributed by atoms with Gasteiger partial charge in [0.25, 0.3) is 0 Å². The molecule has 1 N–H and O–H groups in total. The van der Waals surface area contributed by atoms with Gasteiger partial charge in [-0.1, -0.05) is 11.6 Å². The van der Waals surface area contributed by atoms with Crippen molar-refractivity contribution >= 4 is 46.7 Å². The number of amides is 1. The minimum Gasteiger partial charge on any atom is -0.325 e. The van der Waals surface area contributed by atoms with Crippen molar-refractivity contribution < 1.29 is 4.79 Å². The van der Waals surface area contributed by atoms with Gasteiger partial charge in [-0.05, 0) is 42.7 Å². The van der Waals surface area contributed by atoms with Crippen LogP contribution in [0, 0.1) is 0 Å². The number of thioether (sulfide) groups is 2. The summed E-state index contributed by atoms with van der Waals surface area (Å²) in [5.41, 5.74) is 0.731. The summed E-state index contributed by atoms with van der Waals surface area (Å²) in [5.74, 6) is 0.722. The minimum atomic E-state index is -0.00448. The number of pyridine rings is 1. The second-order valence-electron chi connectivity index (χ2n) is 4.19. The van der Waals surface area contributed by atoms with Crippen LogP contribution in [0.25, 0.3) is 0 Å². The molecule has 3 nitrogen and oxygen atoms in total. The summed E-state index contributed by atoms with van der Waals surface area (Å²) in [7, 11) is 0. The third-order valence-corrected chi connectivity index (χ3v) is 4.57. The molecule has 110 valence electrons. The molecule has 21 heavy (non-hydrogen) atoms. The highest BCUT2D eigenvalue weighted by atomic mass is 35.5. The Bertz CT molecular complexity index is 588. The van der Waals surface area contributed by atoms with Crippen molar-refractivity contribution in [2.75, 3.05) is 17.3 Å². The number of rotatable bonds is 6. The van der Waals surface area contributed by atoms with Crippen molar-refractivity contribution in [3.8, 4) is 0 Å². The van der Waals surface area contributed by atoms with Gasteiger partial charge in [0.2, 0.25) is 5.91 Å². The Kier molecular flexibility index (Phi) is 6.42. The first-order valence-corrected chi connectivity index (χ1v) is 8.94. The second-order valence-corrected chi connectivity index (χ2v) is 6.62. The molecule has 1 aromatic carbocycles. The number of carbonyl (C=O) groups excluding carboxylic acids is 1. The van der Waals surface area contributed by atoms with E-state index in [1.54, 1.807) is 29.7 Å². The number of aromatic nitrogens is 1. The quantitative estimate of drug-likeness (QED) is 0.783. The SMILES string of the molecule is CSc1ccc(NC(=O)CCSc2ccc(Cl)cc2)cn1. The van der Waals surface area contributed by atoms with Crippen LogP contribution in [0.3, 0.4) is 0 Å². The highest BCUT2D eigenvalue weighted by molar-refractivity contribution is 7.99. The van der Waals surface area contributed by atoms with E-state index in [0.717, 1.165) is 26.4 Å². The third kappa shape index (κ3) is 5.61. The maximum atomic E-state index is 11.8. The average molecular weight is 339 g/mol. The normalized spacial score (nSPS) is 10.4. The zero-order chi connectivity index (χ0) is 15.1. The monoisotopic (exact) mass is 338 g/mol. The highest BCUT2D eigenvalue weighted by Crippen LogP contribution is 2.21. The minimum absolute atomic E-state index is 0.00448. The number of hydrogen-bond donors (Lipinski definition) is 1. The predicted molar refractivity (Wildman–Crippen MR) is 91.4 cm³/mol. The lowest BCUT2D eigenvalue weighted by molar-refractivity contribution is -0.115. The molecule has 0 bridgehead atoms. The van der Waals surface area contributed by atoms with E-state index in [0.29, 0.717) is 6.42 Å². The Morgan fingerprint density at radius 3 is 2.62 bits per heavy atom. The number of nitrogens with zero attached hydrogens (tertiary/aromatic N) is 1. The van der Waals surface area contributed by atoms with Gasteiger partial charge in [-0.25, -0.2) is 4.98 Å². The Hall–Kier alpha value is -1.17. The summed E-state index contributed by atoms with van der Waals surface area (Å²) in [6, 6.07) is 11.4. The Morgan fingerprint density at radius 2 is 2.00 bits per heavy atom. The molecule has 0 saturated carbocycles. The maximum Gasteiger partial charge on any atom is 0.225 e. The molecular formula is C15H15ClN2OS2. The van der Waals surface area contributed by atoms with Gasteiger partial charge in [-0.15, -0.1) is 23.5 Å². The maximum absolute atomic E-state index is 11.8. The lowest BCUT2D eigenvalue weighted by Gasteiger charge is -2.05. The Balaban J connectivity index is 1.75. The van der Waals surface area contributed by atoms with Gasteiger partial charge in [-0.3, -0.25) is 4.79 Å². The third-order valence-electron chi connectivity index (χ3n) is 2.64. The first kappa shape index (κ1) is 16.2. The summed E-state index contributed by atoms with van der Waals surface area (Å²) in [6.07, 6.45) is 4.10. The molecule has 0 saturated heterocycles. The van der Waals surface area contributed by atoms with Crippen LogP contribution in [0.1, 0.15) is 6.42 Å². The van der Waals surface area contributed by atoms with Gasteiger partial charge in [0.1, 0.15) is 0 Å². The molecule has 0 aliphatic heterocycles. The Morgan fingerprint density at radius 1 is 1.24 bits per heavy atom. The lowest BCUT2D eigenvalue weighted by atomic mass is 10.4. The second kappa shape index (κ2) is 8.32. The fourth-order valence-corrected chi connectivity index (χ4v) is 2.93. The molecule has 1 aromatic heterocycles. The van der Waals surface area contributed by atoms with E-state index in [1.807, 2.05) is 42.7 Å². The standard InChI is InChI=1S/C15H15ClN2OS2/c1-20-15-7-4-12(10-17-15)18-14(19)8-9-21-13-5-2-11(16)3-6-13/h2-7,10H,8-9H2,1H3,(H,18,19). The van der Waals surface area contributed by atoms with Gasteiger partial charge in [0, 0.05) is 22.1 Å². The van der Waals surface area contributed by atoms with E-state index in [-0.39, 0.29) is 5.91 Å². The van der Waals surface area contributed by atoms with Gasteiger partial charge >= 0.3 is 0 Å². The summed E-state index contributed by atoms with van der Waals surface area (Å²) in [4.78, 5) is 17.2. The largest absolute Gasteiger partial charge is 0.325 e. The first-order chi connectivity index (χ1) is 10.2. The topological polar surface area (TPSA) is 42.0 Å². The van der Waals surface area contributed by atoms with E-state index in [9.17, 15) is 4.79 Å². The van der Waals surface area contributed by atoms with Gasteiger partial charge < -0.3 is 5.32 Å². The van der Waals surface area contributed by atoms with Crippen LogP contribution in [0.4, 0.5) is 5.69 Å². The van der Waals surface area contributed by atoms with Gasteiger partial charge in [0.05, 0.1) is 16.9 Å². The Labute approximate surface area is 137 Å². The number of benzene rings is 1. The summed E-state index contributed by atoms with van der Waals surface area (Å²) >= 11 is 9.04. The number of nitrogens with one attached hydrogen (secondary N) is 1. The number of hydrogen-bond acceptors (Lipinski definition) is 4. The molecule has 0 spiro atoms. The van der Waals surface area contributed by atoms with Crippen molar-refractivity contribution in [3.05, 3.63) is 47.6 Å². The number of halogens is 1. The van der Waals surface area contributed by atoms with Crippen LogP contribution in [0.15, 0.2) is 52.5 Å². The molecule has 0 fully saturated rings. The van der Waals surface area contributed by atoms with Crippen molar-refractivity contribution in [2.45, 2.75) is 16.3 Å². The van der Waals surface area contributed by atoms with Crippen molar-refractivity contribution in [1.29, 1.82) is 0 Å². The van der Waals surface area contributed by atoms with E-state index >= 15 is 0 Å². The molecule has 1 amide bonds. The average Bonchev–Trinajstić information content (AvgIpc) is 2.50. The summed E-state index contributed by atoms with van der Waals surface area (Å²) in [6.45, 7) is 0. The smallest absolute Gasteiger partial charge is 0.225 e. The van der Waals surface area contributed by atoms with Crippen molar-refractivity contribution in [3.63, 3.8) is 0 Å². The molecule has 6 heteroatoms.